The molecule has 0 aromatic carbocycles. The second-order valence-electron chi connectivity index (χ2n) is 2.69. The number of allylic oxidation sites excluding steroid dienone is 1. The fourth-order valence-electron chi connectivity index (χ4n) is 0.941. The Morgan fingerprint density at radius 3 is 2.79 bits per heavy atom. The van der Waals surface area contributed by atoms with Crippen LogP contribution in [-0.2, 0) is 6.42 Å². The minimum Gasteiger partial charge on any atom is -0.400 e. The molecule has 6 heteroatoms. The van der Waals surface area contributed by atoms with Gasteiger partial charge in [0.15, 0.2) is 0 Å². The first-order valence-electron chi connectivity index (χ1n) is 3.81. The van der Waals surface area contributed by atoms with Crippen LogP contribution >= 0.6 is 11.6 Å². The average molecular weight is 216 g/mol. The predicted molar refractivity (Wildman–Crippen MR) is 50.6 cm³/mol. The Hall–Kier alpha value is -1.30. The molecule has 0 fully saturated rings. The summed E-state index contributed by atoms with van der Waals surface area (Å²) in [6, 6.07) is 3.40. The van der Waals surface area contributed by atoms with Crippen molar-refractivity contribution in [2.24, 2.45) is 5.73 Å². The van der Waals surface area contributed by atoms with E-state index in [-0.39, 0.29) is 5.23 Å². The number of hydrogen-bond acceptors (Lipinski definition) is 5. The standard InChI is InChI=1S/C8H10ClN3O2/c9-8-2-1-6(4-11-8)3-7(10)5-12(13)14/h1-2,4-5,13-14H,3,10H2/b7-5-. The first-order chi connectivity index (χ1) is 6.58. The number of halogens is 1. The lowest BCUT2D eigenvalue weighted by atomic mass is 10.2. The van der Waals surface area contributed by atoms with E-state index in [2.05, 4.69) is 4.98 Å². The van der Waals surface area contributed by atoms with Gasteiger partial charge < -0.3 is 5.73 Å². The van der Waals surface area contributed by atoms with Crippen LogP contribution in [-0.4, -0.2) is 20.6 Å². The van der Waals surface area contributed by atoms with E-state index >= 15 is 0 Å². The van der Waals surface area contributed by atoms with Crippen molar-refractivity contribution >= 4 is 11.6 Å². The molecule has 0 radical (unpaired) electrons. The fourth-order valence-corrected chi connectivity index (χ4v) is 1.05. The lowest BCUT2D eigenvalue weighted by molar-refractivity contribution is -0.268. The molecule has 0 spiro atoms. The third kappa shape index (κ3) is 3.61. The molecule has 0 unspecified atom stereocenters. The Bertz CT molecular complexity index is 324. The topological polar surface area (TPSA) is 82.6 Å². The molecular formula is C8H10ClN3O2. The molecule has 76 valence electrons. The van der Waals surface area contributed by atoms with Crippen molar-refractivity contribution in [3.63, 3.8) is 0 Å². The Morgan fingerprint density at radius 1 is 1.57 bits per heavy atom. The van der Waals surface area contributed by atoms with Gasteiger partial charge in [-0.1, -0.05) is 17.7 Å². The van der Waals surface area contributed by atoms with Crippen molar-refractivity contribution in [3.8, 4) is 0 Å². The Kier molecular flexibility index (Phi) is 3.70. The summed E-state index contributed by atoms with van der Waals surface area (Å²) < 4.78 is 0. The molecule has 4 N–H and O–H groups in total. The quantitative estimate of drug-likeness (QED) is 0.521. The van der Waals surface area contributed by atoms with Crippen molar-refractivity contribution in [1.29, 1.82) is 0 Å². The molecule has 1 aromatic rings. The molecule has 0 saturated heterocycles. The molecule has 0 aliphatic rings. The van der Waals surface area contributed by atoms with Crippen LogP contribution in [0.5, 0.6) is 0 Å². The second kappa shape index (κ2) is 4.80. The van der Waals surface area contributed by atoms with E-state index in [1.165, 1.54) is 0 Å². The van der Waals surface area contributed by atoms with Crippen molar-refractivity contribution in [2.75, 3.05) is 0 Å². The van der Waals surface area contributed by atoms with Gasteiger partial charge in [0.05, 0.1) is 6.20 Å². The smallest absolute Gasteiger partial charge is 0.129 e. The summed E-state index contributed by atoms with van der Waals surface area (Å²) in [5, 5.41) is 17.2. The fraction of sp³-hybridized carbons (Fsp3) is 0.125. The van der Waals surface area contributed by atoms with Crippen LogP contribution < -0.4 is 5.73 Å². The zero-order chi connectivity index (χ0) is 10.6. The van der Waals surface area contributed by atoms with E-state index in [0.29, 0.717) is 17.3 Å². The van der Waals surface area contributed by atoms with Crippen LogP contribution in [0, 0.1) is 0 Å². The third-order valence-electron chi connectivity index (χ3n) is 1.48. The van der Waals surface area contributed by atoms with Gasteiger partial charge in [0.2, 0.25) is 0 Å². The summed E-state index contributed by atoms with van der Waals surface area (Å²) in [6.45, 7) is 0. The van der Waals surface area contributed by atoms with Gasteiger partial charge in [-0.2, -0.15) is 0 Å². The number of aromatic nitrogens is 1. The van der Waals surface area contributed by atoms with Gasteiger partial charge in [-0.3, -0.25) is 10.4 Å². The number of nitrogens with zero attached hydrogens (tertiary/aromatic N) is 2. The van der Waals surface area contributed by atoms with Gasteiger partial charge in [-0.25, -0.2) is 4.98 Å². The maximum atomic E-state index is 8.44. The highest BCUT2D eigenvalue weighted by molar-refractivity contribution is 6.29. The van der Waals surface area contributed by atoms with Crippen LogP contribution in [0.1, 0.15) is 5.56 Å². The lowest BCUT2D eigenvalue weighted by Crippen LogP contribution is -2.11. The summed E-state index contributed by atoms with van der Waals surface area (Å²) in [5.41, 5.74) is 6.63. The molecule has 0 saturated carbocycles. The van der Waals surface area contributed by atoms with Crippen molar-refractivity contribution in [2.45, 2.75) is 6.42 Å². The van der Waals surface area contributed by atoms with Crippen molar-refractivity contribution in [1.82, 2.24) is 10.2 Å². The predicted octanol–water partition coefficient (Wildman–Crippen LogP) is 1.16. The van der Waals surface area contributed by atoms with Gasteiger partial charge in [0, 0.05) is 18.3 Å². The summed E-state index contributed by atoms with van der Waals surface area (Å²) in [4.78, 5) is 3.86. The maximum Gasteiger partial charge on any atom is 0.129 e. The van der Waals surface area contributed by atoms with Gasteiger partial charge >= 0.3 is 0 Å². The Morgan fingerprint density at radius 2 is 2.29 bits per heavy atom. The second-order valence-corrected chi connectivity index (χ2v) is 3.08. The van der Waals surface area contributed by atoms with E-state index in [4.69, 9.17) is 27.7 Å². The molecule has 0 atom stereocenters. The van der Waals surface area contributed by atoms with E-state index < -0.39 is 0 Å². The van der Waals surface area contributed by atoms with Gasteiger partial charge in [-0.15, -0.1) is 5.23 Å². The van der Waals surface area contributed by atoms with Crippen LogP contribution in [0.15, 0.2) is 30.2 Å². The molecular weight excluding hydrogens is 206 g/mol. The van der Waals surface area contributed by atoms with E-state index in [0.717, 1.165) is 11.8 Å². The molecule has 1 aromatic heterocycles. The average Bonchev–Trinajstić information content (AvgIpc) is 2.07. The first kappa shape index (κ1) is 10.8. The zero-order valence-electron chi connectivity index (χ0n) is 7.26. The van der Waals surface area contributed by atoms with Crippen LogP contribution in [0.25, 0.3) is 0 Å². The number of rotatable bonds is 3. The molecule has 0 amide bonds. The van der Waals surface area contributed by atoms with Gasteiger partial charge in [0.1, 0.15) is 5.15 Å². The normalized spacial score (nSPS) is 11.5. The largest absolute Gasteiger partial charge is 0.400 e. The highest BCUT2D eigenvalue weighted by Crippen LogP contribution is 2.07. The van der Waals surface area contributed by atoms with Crippen LogP contribution in [0.4, 0.5) is 0 Å². The van der Waals surface area contributed by atoms with E-state index in [1.54, 1.807) is 18.3 Å². The minimum absolute atomic E-state index is 0.0846. The summed E-state index contributed by atoms with van der Waals surface area (Å²) in [6.07, 6.45) is 2.94. The molecule has 1 rings (SSSR count). The maximum absolute atomic E-state index is 8.44. The van der Waals surface area contributed by atoms with Crippen LogP contribution in [0.3, 0.4) is 0 Å². The van der Waals surface area contributed by atoms with Crippen molar-refractivity contribution in [3.05, 3.63) is 40.9 Å². The Labute approximate surface area is 86.0 Å². The zero-order valence-corrected chi connectivity index (χ0v) is 8.02. The Balaban J connectivity index is 2.65. The highest BCUT2D eigenvalue weighted by atomic mass is 35.5. The SMILES string of the molecule is N/C(=C\N(O)O)Cc1ccc(Cl)nc1. The third-order valence-corrected chi connectivity index (χ3v) is 1.70. The molecule has 14 heavy (non-hydrogen) atoms. The van der Waals surface area contributed by atoms with Crippen LogP contribution in [0.2, 0.25) is 5.15 Å². The summed E-state index contributed by atoms with van der Waals surface area (Å²) >= 11 is 5.59. The van der Waals surface area contributed by atoms with E-state index in [9.17, 15) is 0 Å². The first-order valence-corrected chi connectivity index (χ1v) is 4.19. The lowest BCUT2D eigenvalue weighted by Gasteiger charge is -2.04. The molecule has 1 heterocycles. The number of hydrogen-bond donors (Lipinski definition) is 3. The number of hydroxylamine groups is 2. The summed E-state index contributed by atoms with van der Waals surface area (Å²) in [5.74, 6) is 0. The van der Waals surface area contributed by atoms with E-state index in [1.807, 2.05) is 0 Å². The van der Waals surface area contributed by atoms with Gasteiger partial charge in [0.25, 0.3) is 0 Å². The van der Waals surface area contributed by atoms with Crippen molar-refractivity contribution < 1.29 is 10.4 Å². The molecule has 0 aliphatic heterocycles. The number of pyridine rings is 1. The number of nitrogens with two attached hydrogens (primary N) is 1. The monoisotopic (exact) mass is 215 g/mol. The molecule has 0 aliphatic carbocycles. The highest BCUT2D eigenvalue weighted by Gasteiger charge is 1.97. The minimum atomic E-state index is -0.0846. The summed E-state index contributed by atoms with van der Waals surface area (Å²) in [7, 11) is 0. The molecule has 5 nitrogen and oxygen atoms in total. The molecule has 0 bridgehead atoms. The van der Waals surface area contributed by atoms with Gasteiger partial charge in [-0.05, 0) is 11.6 Å².